The smallest absolute Gasteiger partial charge is 0.270 e. The van der Waals surface area contributed by atoms with Gasteiger partial charge >= 0.3 is 0 Å². The first-order valence-corrected chi connectivity index (χ1v) is 6.99. The number of non-ortho nitro benzene ring substituents is 1. The minimum Gasteiger partial charge on any atom is -0.496 e. The number of nitrogens with zero attached hydrogens (tertiary/aromatic N) is 1. The van der Waals surface area contributed by atoms with E-state index in [1.54, 1.807) is 19.2 Å². The average molecular weight is 285 g/mol. The molecule has 0 aliphatic heterocycles. The topological polar surface area (TPSA) is 52.4 Å². The molecule has 0 saturated carbocycles. The Labute approximate surface area is 124 Å². The van der Waals surface area contributed by atoms with Gasteiger partial charge in [0, 0.05) is 17.7 Å². The van der Waals surface area contributed by atoms with Gasteiger partial charge in [0.25, 0.3) is 5.69 Å². The molecular weight excluding hydrogens is 266 g/mol. The summed E-state index contributed by atoms with van der Waals surface area (Å²) in [5, 5.41) is 10.9. The molecule has 1 unspecified atom stereocenters. The fourth-order valence-electron chi connectivity index (χ4n) is 2.28. The number of nitro benzene ring substituents is 1. The van der Waals surface area contributed by atoms with Crippen LogP contribution in [0, 0.1) is 10.1 Å². The summed E-state index contributed by atoms with van der Waals surface area (Å²) < 4.78 is 5.40. The Morgan fingerprint density at radius 2 is 2.00 bits per heavy atom. The van der Waals surface area contributed by atoms with Crippen LogP contribution < -0.4 is 4.74 Å². The lowest BCUT2D eigenvalue weighted by atomic mass is 9.94. The Bertz CT molecular complexity index is 652. The van der Waals surface area contributed by atoms with Crippen LogP contribution in [0.5, 0.6) is 5.75 Å². The highest BCUT2D eigenvalue weighted by molar-refractivity contribution is 5.73. The maximum absolute atomic E-state index is 10.9. The molecule has 0 amide bonds. The van der Waals surface area contributed by atoms with E-state index in [4.69, 9.17) is 4.74 Å². The summed E-state index contributed by atoms with van der Waals surface area (Å²) in [5.41, 5.74) is 2.98. The standard InChI is InChI=1S/C17H19NO3/c1-4-12(2)13-8-9-17(21-3)16(11-13)14-6-5-7-15(10-14)18(19)20/h5-12H,4H2,1-3H3. The molecule has 0 spiro atoms. The first kappa shape index (κ1) is 15.0. The molecule has 0 N–H and O–H groups in total. The van der Waals surface area contributed by atoms with E-state index in [0.717, 1.165) is 23.3 Å². The van der Waals surface area contributed by atoms with E-state index in [-0.39, 0.29) is 10.6 Å². The Hall–Kier alpha value is -2.36. The molecule has 2 rings (SSSR count). The lowest BCUT2D eigenvalue weighted by Crippen LogP contribution is -1.95. The normalized spacial score (nSPS) is 12.0. The number of hydrogen-bond acceptors (Lipinski definition) is 3. The molecule has 1 atom stereocenters. The first-order chi connectivity index (χ1) is 10.1. The van der Waals surface area contributed by atoms with Crippen LogP contribution in [-0.2, 0) is 0 Å². The van der Waals surface area contributed by atoms with Crippen LogP contribution in [0.25, 0.3) is 11.1 Å². The zero-order chi connectivity index (χ0) is 15.4. The molecule has 21 heavy (non-hydrogen) atoms. The molecule has 0 aromatic heterocycles. The maximum atomic E-state index is 10.9. The Balaban J connectivity index is 2.55. The highest BCUT2D eigenvalue weighted by Gasteiger charge is 2.13. The van der Waals surface area contributed by atoms with Gasteiger partial charge in [-0.25, -0.2) is 0 Å². The second-order valence-corrected chi connectivity index (χ2v) is 5.08. The van der Waals surface area contributed by atoms with Gasteiger partial charge in [-0.2, -0.15) is 0 Å². The number of methoxy groups -OCH3 is 1. The highest BCUT2D eigenvalue weighted by Crippen LogP contribution is 2.34. The molecule has 4 nitrogen and oxygen atoms in total. The van der Waals surface area contributed by atoms with Crippen molar-refractivity contribution in [2.24, 2.45) is 0 Å². The number of nitro groups is 1. The van der Waals surface area contributed by atoms with Crippen molar-refractivity contribution < 1.29 is 9.66 Å². The molecular formula is C17H19NO3. The van der Waals surface area contributed by atoms with Gasteiger partial charge in [-0.15, -0.1) is 0 Å². The summed E-state index contributed by atoms with van der Waals surface area (Å²) in [4.78, 5) is 10.6. The van der Waals surface area contributed by atoms with Gasteiger partial charge < -0.3 is 4.74 Å². The molecule has 4 heteroatoms. The molecule has 0 radical (unpaired) electrons. The van der Waals surface area contributed by atoms with Crippen LogP contribution in [0.3, 0.4) is 0 Å². The highest BCUT2D eigenvalue weighted by atomic mass is 16.6. The van der Waals surface area contributed by atoms with Crippen molar-refractivity contribution in [3.63, 3.8) is 0 Å². The van der Waals surface area contributed by atoms with Gasteiger partial charge in [0.1, 0.15) is 5.75 Å². The predicted octanol–water partition coefficient (Wildman–Crippen LogP) is 4.78. The van der Waals surface area contributed by atoms with E-state index in [2.05, 4.69) is 19.9 Å². The minimum atomic E-state index is -0.380. The van der Waals surface area contributed by atoms with Crippen molar-refractivity contribution in [1.29, 1.82) is 0 Å². The van der Waals surface area contributed by atoms with Crippen molar-refractivity contribution in [2.75, 3.05) is 7.11 Å². The SMILES string of the molecule is CCC(C)c1ccc(OC)c(-c2cccc([N+](=O)[O-])c2)c1. The summed E-state index contributed by atoms with van der Waals surface area (Å²) in [6, 6.07) is 12.7. The molecule has 0 saturated heterocycles. The van der Waals surface area contributed by atoms with E-state index < -0.39 is 0 Å². The summed E-state index contributed by atoms with van der Waals surface area (Å²) in [7, 11) is 1.61. The molecule has 0 heterocycles. The summed E-state index contributed by atoms with van der Waals surface area (Å²) in [5.74, 6) is 1.16. The molecule has 2 aromatic rings. The van der Waals surface area contributed by atoms with Gasteiger partial charge in [-0.3, -0.25) is 10.1 Å². The Morgan fingerprint density at radius 3 is 2.62 bits per heavy atom. The van der Waals surface area contributed by atoms with Crippen molar-refractivity contribution in [3.8, 4) is 16.9 Å². The Kier molecular flexibility index (Phi) is 4.58. The second kappa shape index (κ2) is 6.39. The molecule has 0 aliphatic carbocycles. The van der Waals surface area contributed by atoms with Crippen molar-refractivity contribution in [1.82, 2.24) is 0 Å². The molecule has 2 aromatic carbocycles. The average Bonchev–Trinajstić information content (AvgIpc) is 2.53. The van der Waals surface area contributed by atoms with Gasteiger partial charge in [-0.05, 0) is 35.6 Å². The lowest BCUT2D eigenvalue weighted by Gasteiger charge is -2.14. The fraction of sp³-hybridized carbons (Fsp3) is 0.294. The van der Waals surface area contributed by atoms with E-state index in [9.17, 15) is 10.1 Å². The van der Waals surface area contributed by atoms with Crippen molar-refractivity contribution >= 4 is 5.69 Å². The fourth-order valence-corrected chi connectivity index (χ4v) is 2.28. The third-order valence-electron chi connectivity index (χ3n) is 3.77. The molecule has 0 aliphatic rings. The number of benzene rings is 2. The van der Waals surface area contributed by atoms with E-state index in [0.29, 0.717) is 5.92 Å². The number of rotatable bonds is 5. The summed E-state index contributed by atoms with van der Waals surface area (Å²) >= 11 is 0. The first-order valence-electron chi connectivity index (χ1n) is 6.99. The quantitative estimate of drug-likeness (QED) is 0.586. The monoisotopic (exact) mass is 285 g/mol. The van der Waals surface area contributed by atoms with Crippen LogP contribution in [-0.4, -0.2) is 12.0 Å². The maximum Gasteiger partial charge on any atom is 0.270 e. The van der Waals surface area contributed by atoms with Gasteiger partial charge in [0.15, 0.2) is 0 Å². The zero-order valence-corrected chi connectivity index (χ0v) is 12.5. The third-order valence-corrected chi connectivity index (χ3v) is 3.77. The van der Waals surface area contributed by atoms with Gasteiger partial charge in [-0.1, -0.05) is 32.0 Å². The summed E-state index contributed by atoms with van der Waals surface area (Å²) in [6.45, 7) is 4.31. The molecule has 110 valence electrons. The lowest BCUT2D eigenvalue weighted by molar-refractivity contribution is -0.384. The minimum absolute atomic E-state index is 0.0866. The van der Waals surface area contributed by atoms with Crippen LogP contribution in [0.2, 0.25) is 0 Å². The van der Waals surface area contributed by atoms with Crippen LogP contribution in [0.15, 0.2) is 42.5 Å². The molecule has 0 fully saturated rings. The number of hydrogen-bond donors (Lipinski definition) is 0. The van der Waals surface area contributed by atoms with Crippen molar-refractivity contribution in [3.05, 3.63) is 58.1 Å². The zero-order valence-electron chi connectivity index (χ0n) is 12.5. The number of ether oxygens (including phenoxy) is 1. The van der Waals surface area contributed by atoms with E-state index in [1.807, 2.05) is 18.2 Å². The largest absolute Gasteiger partial charge is 0.496 e. The second-order valence-electron chi connectivity index (χ2n) is 5.08. The van der Waals surface area contributed by atoms with Gasteiger partial charge in [0.05, 0.1) is 12.0 Å². The van der Waals surface area contributed by atoms with Crippen molar-refractivity contribution in [2.45, 2.75) is 26.2 Å². The summed E-state index contributed by atoms with van der Waals surface area (Å²) in [6.07, 6.45) is 1.04. The van der Waals surface area contributed by atoms with Gasteiger partial charge in [0.2, 0.25) is 0 Å². The molecule has 0 bridgehead atoms. The van der Waals surface area contributed by atoms with Crippen LogP contribution >= 0.6 is 0 Å². The third kappa shape index (κ3) is 3.21. The van der Waals surface area contributed by atoms with E-state index >= 15 is 0 Å². The van der Waals surface area contributed by atoms with Crippen LogP contribution in [0.4, 0.5) is 5.69 Å². The van der Waals surface area contributed by atoms with E-state index in [1.165, 1.54) is 11.6 Å². The van der Waals surface area contributed by atoms with Crippen LogP contribution in [0.1, 0.15) is 31.7 Å². The Morgan fingerprint density at radius 1 is 1.24 bits per heavy atom. The predicted molar refractivity (Wildman–Crippen MR) is 83.8 cm³/mol.